The molecule has 68 valence electrons. The number of hydrogen-bond donors (Lipinski definition) is 1. The Hall–Kier alpha value is -0.790. The van der Waals surface area contributed by atoms with Crippen LogP contribution in [0.2, 0.25) is 5.02 Å². The lowest BCUT2D eigenvalue weighted by Crippen LogP contribution is -2.11. The fourth-order valence-electron chi connectivity index (χ4n) is 1.69. The van der Waals surface area contributed by atoms with Crippen LogP contribution in [0.5, 0.6) is 0 Å². The molecule has 0 amide bonds. The summed E-state index contributed by atoms with van der Waals surface area (Å²) in [5, 5.41) is 0.822. The normalized spacial score (nSPS) is 21.7. The monoisotopic (exact) mass is 193 g/mol. The van der Waals surface area contributed by atoms with E-state index in [4.69, 9.17) is 17.3 Å². The van der Waals surface area contributed by atoms with Gasteiger partial charge in [-0.1, -0.05) is 35.9 Å². The summed E-state index contributed by atoms with van der Waals surface area (Å²) in [5.74, 6) is 0. The van der Waals surface area contributed by atoms with Crippen molar-refractivity contribution in [1.82, 2.24) is 0 Å². The van der Waals surface area contributed by atoms with Gasteiger partial charge in [-0.15, -0.1) is 0 Å². The Bertz CT molecular complexity index is 344. The summed E-state index contributed by atoms with van der Waals surface area (Å²) in [7, 11) is 0. The Labute approximate surface area is 83.2 Å². The average Bonchev–Trinajstić information content (AvgIpc) is 2.53. The van der Waals surface area contributed by atoms with Gasteiger partial charge in [0.2, 0.25) is 0 Å². The van der Waals surface area contributed by atoms with Crippen molar-refractivity contribution in [2.75, 3.05) is 0 Å². The highest BCUT2D eigenvalue weighted by Gasteiger charge is 2.14. The molecule has 0 aliphatic heterocycles. The van der Waals surface area contributed by atoms with Crippen molar-refractivity contribution < 1.29 is 0 Å². The van der Waals surface area contributed by atoms with Crippen LogP contribution in [-0.2, 0) is 0 Å². The molecule has 2 heteroatoms. The van der Waals surface area contributed by atoms with Crippen molar-refractivity contribution in [1.29, 1.82) is 0 Å². The van der Waals surface area contributed by atoms with Crippen LogP contribution in [0.25, 0.3) is 5.57 Å². The summed E-state index contributed by atoms with van der Waals surface area (Å²) in [6, 6.07) is 8.13. The molecule has 0 radical (unpaired) electrons. The van der Waals surface area contributed by atoms with E-state index >= 15 is 0 Å². The number of benzene rings is 1. The molecule has 1 aliphatic rings. The Kier molecular flexibility index (Phi) is 2.38. The summed E-state index contributed by atoms with van der Waals surface area (Å²) in [5.41, 5.74) is 8.22. The predicted octanol–water partition coefficient (Wildman–Crippen LogP) is 2.84. The maximum Gasteiger partial charge on any atom is 0.0481 e. The molecule has 0 fully saturated rings. The number of allylic oxidation sites excluding steroid dienone is 1. The van der Waals surface area contributed by atoms with E-state index in [9.17, 15) is 0 Å². The molecule has 0 bridgehead atoms. The maximum absolute atomic E-state index is 6.07. The highest BCUT2D eigenvalue weighted by atomic mass is 35.5. The highest BCUT2D eigenvalue weighted by molar-refractivity contribution is 6.32. The van der Waals surface area contributed by atoms with Crippen LogP contribution >= 0.6 is 11.6 Å². The zero-order valence-corrected chi connectivity index (χ0v) is 8.09. The molecule has 0 saturated carbocycles. The van der Waals surface area contributed by atoms with Crippen LogP contribution < -0.4 is 5.73 Å². The molecule has 1 unspecified atom stereocenters. The van der Waals surface area contributed by atoms with Crippen LogP contribution in [0, 0.1) is 0 Å². The first-order valence-electron chi connectivity index (χ1n) is 4.48. The van der Waals surface area contributed by atoms with Crippen molar-refractivity contribution in [3.05, 3.63) is 40.9 Å². The second-order valence-corrected chi connectivity index (χ2v) is 3.78. The maximum atomic E-state index is 6.07. The van der Waals surface area contributed by atoms with Gasteiger partial charge in [-0.2, -0.15) is 0 Å². The third-order valence-electron chi connectivity index (χ3n) is 2.38. The van der Waals surface area contributed by atoms with Crippen molar-refractivity contribution in [3.63, 3.8) is 0 Å². The topological polar surface area (TPSA) is 26.0 Å². The number of halogens is 1. The Morgan fingerprint density at radius 3 is 2.69 bits per heavy atom. The minimum atomic E-state index is 0.214. The molecule has 0 saturated heterocycles. The van der Waals surface area contributed by atoms with E-state index in [0.29, 0.717) is 0 Å². The molecule has 0 spiro atoms. The summed E-state index contributed by atoms with van der Waals surface area (Å²) >= 11 is 6.07. The summed E-state index contributed by atoms with van der Waals surface area (Å²) in [6.45, 7) is 0. The first kappa shape index (κ1) is 8.79. The molecule has 1 nitrogen and oxygen atoms in total. The van der Waals surface area contributed by atoms with Crippen molar-refractivity contribution >= 4 is 17.2 Å². The number of nitrogens with two attached hydrogens (primary N) is 1. The molecule has 1 aromatic carbocycles. The van der Waals surface area contributed by atoms with E-state index in [0.717, 1.165) is 23.4 Å². The zero-order valence-electron chi connectivity index (χ0n) is 7.33. The van der Waals surface area contributed by atoms with E-state index in [1.165, 1.54) is 5.57 Å². The quantitative estimate of drug-likeness (QED) is 0.730. The number of hydrogen-bond acceptors (Lipinski definition) is 1. The van der Waals surface area contributed by atoms with Gasteiger partial charge in [0.05, 0.1) is 0 Å². The van der Waals surface area contributed by atoms with Gasteiger partial charge in [-0.05, 0) is 30.0 Å². The fourth-order valence-corrected chi connectivity index (χ4v) is 1.95. The van der Waals surface area contributed by atoms with Gasteiger partial charge in [0, 0.05) is 11.1 Å². The van der Waals surface area contributed by atoms with Crippen molar-refractivity contribution in [2.24, 2.45) is 5.73 Å². The smallest absolute Gasteiger partial charge is 0.0481 e. The van der Waals surface area contributed by atoms with Crippen LogP contribution in [0.3, 0.4) is 0 Å². The Balaban J connectivity index is 2.36. The van der Waals surface area contributed by atoms with Crippen LogP contribution in [0.4, 0.5) is 0 Å². The molecule has 1 aliphatic carbocycles. The molecule has 2 rings (SSSR count). The van der Waals surface area contributed by atoms with Gasteiger partial charge in [-0.25, -0.2) is 0 Å². The van der Waals surface area contributed by atoms with Crippen LogP contribution in [0.15, 0.2) is 30.3 Å². The molecular weight excluding hydrogens is 182 g/mol. The molecule has 0 heterocycles. The number of rotatable bonds is 1. The second-order valence-electron chi connectivity index (χ2n) is 3.37. The summed E-state index contributed by atoms with van der Waals surface area (Å²) in [4.78, 5) is 0. The summed E-state index contributed by atoms with van der Waals surface area (Å²) in [6.07, 6.45) is 4.20. The van der Waals surface area contributed by atoms with E-state index in [-0.39, 0.29) is 6.04 Å². The van der Waals surface area contributed by atoms with Gasteiger partial charge in [0.15, 0.2) is 0 Å². The van der Waals surface area contributed by atoms with Gasteiger partial charge in [0.25, 0.3) is 0 Å². The lowest BCUT2D eigenvalue weighted by Gasteiger charge is -2.03. The molecule has 0 aromatic heterocycles. The van der Waals surface area contributed by atoms with E-state index < -0.39 is 0 Å². The molecule has 1 aromatic rings. The molecular formula is C11H12ClN. The SMILES string of the molecule is NC1C=C(c2ccccc2Cl)CC1. The first-order valence-corrected chi connectivity index (χ1v) is 4.86. The zero-order chi connectivity index (χ0) is 9.26. The lowest BCUT2D eigenvalue weighted by molar-refractivity contribution is 0.782. The molecule has 1 atom stereocenters. The Morgan fingerprint density at radius 1 is 1.31 bits per heavy atom. The minimum absolute atomic E-state index is 0.214. The van der Waals surface area contributed by atoms with Crippen LogP contribution in [-0.4, -0.2) is 6.04 Å². The standard InChI is InChI=1S/C11H12ClN/c12-11-4-2-1-3-10(11)8-5-6-9(13)7-8/h1-4,7,9H,5-6,13H2. The van der Waals surface area contributed by atoms with Crippen molar-refractivity contribution in [2.45, 2.75) is 18.9 Å². The van der Waals surface area contributed by atoms with Gasteiger partial charge < -0.3 is 5.73 Å². The fraction of sp³-hybridized carbons (Fsp3) is 0.273. The third-order valence-corrected chi connectivity index (χ3v) is 2.71. The van der Waals surface area contributed by atoms with Crippen LogP contribution in [0.1, 0.15) is 18.4 Å². The first-order chi connectivity index (χ1) is 6.27. The van der Waals surface area contributed by atoms with Gasteiger partial charge >= 0.3 is 0 Å². The van der Waals surface area contributed by atoms with Gasteiger partial charge in [0.1, 0.15) is 0 Å². The predicted molar refractivity (Wildman–Crippen MR) is 56.6 cm³/mol. The van der Waals surface area contributed by atoms with E-state index in [1.807, 2.05) is 24.3 Å². The lowest BCUT2D eigenvalue weighted by atomic mass is 10.1. The molecule has 2 N–H and O–H groups in total. The average molecular weight is 194 g/mol. The summed E-state index contributed by atoms with van der Waals surface area (Å²) < 4.78 is 0. The van der Waals surface area contributed by atoms with E-state index in [2.05, 4.69) is 6.08 Å². The second kappa shape index (κ2) is 3.52. The van der Waals surface area contributed by atoms with Gasteiger partial charge in [-0.3, -0.25) is 0 Å². The minimum Gasteiger partial charge on any atom is -0.324 e. The largest absolute Gasteiger partial charge is 0.324 e. The third kappa shape index (κ3) is 1.77. The Morgan fingerprint density at radius 2 is 2.08 bits per heavy atom. The van der Waals surface area contributed by atoms with Crippen molar-refractivity contribution in [3.8, 4) is 0 Å². The highest BCUT2D eigenvalue weighted by Crippen LogP contribution is 2.31. The van der Waals surface area contributed by atoms with E-state index in [1.54, 1.807) is 0 Å². The molecule has 13 heavy (non-hydrogen) atoms.